The van der Waals surface area contributed by atoms with E-state index >= 15 is 0 Å². The van der Waals surface area contributed by atoms with Crippen molar-refractivity contribution in [2.24, 2.45) is 7.05 Å². The number of halogens is 2. The van der Waals surface area contributed by atoms with E-state index in [2.05, 4.69) is 15.9 Å². The van der Waals surface area contributed by atoms with E-state index in [0.29, 0.717) is 0 Å². The Hall–Kier alpha value is -0.790. The van der Waals surface area contributed by atoms with Crippen molar-refractivity contribution in [1.29, 1.82) is 5.26 Å². The monoisotopic (exact) mass is 246 g/mol. The van der Waals surface area contributed by atoms with Crippen LogP contribution in [0.2, 0.25) is 5.02 Å². The first kappa shape index (κ1) is 9.30. The van der Waals surface area contributed by atoms with Crippen LogP contribution in [0.15, 0.2) is 15.5 Å². The number of rotatable bonds is 0. The van der Waals surface area contributed by atoms with Crippen molar-refractivity contribution < 1.29 is 0 Å². The highest BCUT2D eigenvalue weighted by Gasteiger charge is 2.09. The molecule has 0 atom stereocenters. The molecule has 5 heteroatoms. The Labute approximate surface area is 82.3 Å². The van der Waals surface area contributed by atoms with Gasteiger partial charge in [-0.25, -0.2) is 0 Å². The lowest BCUT2D eigenvalue weighted by atomic mass is 10.3. The SMILES string of the molecule is Cn1cc(Cl)c(C#N)c(Br)c1=O. The predicted molar refractivity (Wildman–Crippen MR) is 49.1 cm³/mol. The maximum Gasteiger partial charge on any atom is 0.266 e. The minimum atomic E-state index is -0.268. The van der Waals surface area contributed by atoms with Crippen LogP contribution in [0, 0.1) is 11.3 Å². The summed E-state index contributed by atoms with van der Waals surface area (Å²) in [6.07, 6.45) is 1.41. The van der Waals surface area contributed by atoms with Gasteiger partial charge in [0.2, 0.25) is 0 Å². The highest BCUT2D eigenvalue weighted by atomic mass is 79.9. The molecule has 3 nitrogen and oxygen atoms in total. The quantitative estimate of drug-likeness (QED) is 0.700. The Morgan fingerprint density at radius 1 is 1.75 bits per heavy atom. The van der Waals surface area contributed by atoms with E-state index in [1.54, 1.807) is 7.05 Å². The van der Waals surface area contributed by atoms with Gasteiger partial charge in [-0.2, -0.15) is 5.26 Å². The molecule has 0 fully saturated rings. The fourth-order valence-corrected chi connectivity index (χ4v) is 1.74. The average Bonchev–Trinajstić information content (AvgIpc) is 2.01. The molecule has 0 unspecified atom stereocenters. The number of pyridine rings is 1. The first-order valence-electron chi connectivity index (χ1n) is 3.02. The molecule has 0 bridgehead atoms. The fourth-order valence-electron chi connectivity index (χ4n) is 0.762. The van der Waals surface area contributed by atoms with Crippen LogP contribution >= 0.6 is 27.5 Å². The molecule has 0 saturated heterocycles. The van der Waals surface area contributed by atoms with Gasteiger partial charge in [0.1, 0.15) is 10.5 Å². The second-order valence-corrected chi connectivity index (χ2v) is 3.39. The summed E-state index contributed by atoms with van der Waals surface area (Å²) >= 11 is 8.70. The van der Waals surface area contributed by atoms with Crippen molar-refractivity contribution >= 4 is 27.5 Å². The third-order valence-corrected chi connectivity index (χ3v) is 2.41. The van der Waals surface area contributed by atoms with E-state index in [9.17, 15) is 4.79 Å². The van der Waals surface area contributed by atoms with Gasteiger partial charge in [0, 0.05) is 13.2 Å². The lowest BCUT2D eigenvalue weighted by Crippen LogP contribution is -2.17. The maximum absolute atomic E-state index is 11.2. The van der Waals surface area contributed by atoms with Crippen molar-refractivity contribution in [1.82, 2.24) is 4.57 Å². The molecule has 0 radical (unpaired) electrons. The zero-order chi connectivity index (χ0) is 9.30. The Morgan fingerprint density at radius 2 is 2.33 bits per heavy atom. The van der Waals surface area contributed by atoms with Crippen molar-refractivity contribution in [3.8, 4) is 6.07 Å². The van der Waals surface area contributed by atoms with Crippen molar-refractivity contribution in [3.05, 3.63) is 31.6 Å². The van der Waals surface area contributed by atoms with E-state index in [1.165, 1.54) is 10.8 Å². The van der Waals surface area contributed by atoms with E-state index < -0.39 is 0 Å². The highest BCUT2D eigenvalue weighted by Crippen LogP contribution is 2.19. The molecule has 0 aliphatic rings. The van der Waals surface area contributed by atoms with Crippen LogP contribution in [0.4, 0.5) is 0 Å². The topological polar surface area (TPSA) is 45.8 Å². The predicted octanol–water partition coefficient (Wildman–Crippen LogP) is 1.67. The van der Waals surface area contributed by atoms with E-state index in [4.69, 9.17) is 16.9 Å². The van der Waals surface area contributed by atoms with Gasteiger partial charge in [0.25, 0.3) is 5.56 Å². The summed E-state index contributed by atoms with van der Waals surface area (Å²) in [5.41, 5.74) is -0.0873. The molecule has 0 aliphatic carbocycles. The number of aryl methyl sites for hydroxylation is 1. The minimum Gasteiger partial charge on any atom is -0.316 e. The molecule has 0 spiro atoms. The average molecular weight is 247 g/mol. The van der Waals surface area contributed by atoms with Gasteiger partial charge in [-0.05, 0) is 15.9 Å². The van der Waals surface area contributed by atoms with Crippen LogP contribution in [0.1, 0.15) is 5.56 Å². The third kappa shape index (κ3) is 1.38. The Bertz CT molecular complexity index is 419. The van der Waals surface area contributed by atoms with Crippen LogP contribution in [0.3, 0.4) is 0 Å². The third-order valence-electron chi connectivity index (χ3n) is 1.39. The Balaban J connectivity index is 3.66. The van der Waals surface area contributed by atoms with Gasteiger partial charge in [-0.3, -0.25) is 4.79 Å². The van der Waals surface area contributed by atoms with Crippen LogP contribution in [-0.4, -0.2) is 4.57 Å². The van der Waals surface area contributed by atoms with Gasteiger partial charge in [0.15, 0.2) is 0 Å². The zero-order valence-corrected chi connectivity index (χ0v) is 8.48. The summed E-state index contributed by atoms with van der Waals surface area (Å²) in [6.45, 7) is 0. The first-order chi connectivity index (χ1) is 5.57. The summed E-state index contributed by atoms with van der Waals surface area (Å²) in [6, 6.07) is 1.84. The second kappa shape index (κ2) is 3.30. The van der Waals surface area contributed by atoms with E-state index in [-0.39, 0.29) is 20.6 Å². The van der Waals surface area contributed by atoms with Gasteiger partial charge in [-0.15, -0.1) is 0 Å². The van der Waals surface area contributed by atoms with E-state index in [1.807, 2.05) is 6.07 Å². The molecule has 1 aromatic rings. The lowest BCUT2D eigenvalue weighted by molar-refractivity contribution is 0.852. The Morgan fingerprint density at radius 3 is 2.83 bits per heavy atom. The summed E-state index contributed by atoms with van der Waals surface area (Å²) in [5.74, 6) is 0. The van der Waals surface area contributed by atoms with Crippen molar-refractivity contribution in [2.75, 3.05) is 0 Å². The van der Waals surface area contributed by atoms with Crippen LogP contribution in [0.25, 0.3) is 0 Å². The van der Waals surface area contributed by atoms with Gasteiger partial charge < -0.3 is 4.57 Å². The molecular formula is C7H4BrClN2O. The molecule has 0 aliphatic heterocycles. The summed E-state index contributed by atoms with van der Waals surface area (Å²) < 4.78 is 1.52. The molecule has 0 saturated carbocycles. The van der Waals surface area contributed by atoms with E-state index in [0.717, 1.165) is 0 Å². The second-order valence-electron chi connectivity index (χ2n) is 2.19. The molecule has 1 aromatic heterocycles. The summed E-state index contributed by atoms with van der Waals surface area (Å²) in [7, 11) is 1.57. The molecule has 62 valence electrons. The number of nitrogens with zero attached hydrogens (tertiary/aromatic N) is 2. The van der Waals surface area contributed by atoms with Crippen LogP contribution in [0.5, 0.6) is 0 Å². The molecule has 12 heavy (non-hydrogen) atoms. The molecule has 1 rings (SSSR count). The highest BCUT2D eigenvalue weighted by molar-refractivity contribution is 9.10. The van der Waals surface area contributed by atoms with Gasteiger partial charge >= 0.3 is 0 Å². The normalized spacial score (nSPS) is 9.50. The fraction of sp³-hybridized carbons (Fsp3) is 0.143. The van der Waals surface area contributed by atoms with Gasteiger partial charge in [0.05, 0.1) is 10.6 Å². The zero-order valence-electron chi connectivity index (χ0n) is 6.14. The van der Waals surface area contributed by atoms with Crippen molar-refractivity contribution in [3.63, 3.8) is 0 Å². The number of hydrogen-bond acceptors (Lipinski definition) is 2. The standard InChI is InChI=1S/C7H4BrClN2O/c1-11-3-5(9)4(2-10)6(8)7(11)12/h3H,1H3. The molecule has 0 aromatic carbocycles. The van der Waals surface area contributed by atoms with Crippen LogP contribution < -0.4 is 5.56 Å². The molecule has 0 amide bonds. The molecular weight excluding hydrogens is 243 g/mol. The lowest BCUT2D eigenvalue weighted by Gasteiger charge is -2.01. The maximum atomic E-state index is 11.2. The molecule has 0 N–H and O–H groups in total. The summed E-state index contributed by atoms with van der Waals surface area (Å²) in [4.78, 5) is 11.2. The minimum absolute atomic E-state index is 0.180. The number of aromatic nitrogens is 1. The number of nitriles is 1. The van der Waals surface area contributed by atoms with Gasteiger partial charge in [-0.1, -0.05) is 11.6 Å². The Kier molecular flexibility index (Phi) is 2.55. The largest absolute Gasteiger partial charge is 0.316 e. The molecule has 1 heterocycles. The smallest absolute Gasteiger partial charge is 0.266 e. The van der Waals surface area contributed by atoms with Crippen LogP contribution in [-0.2, 0) is 7.05 Å². The summed E-state index contributed by atoms with van der Waals surface area (Å²) in [5, 5.41) is 8.87. The van der Waals surface area contributed by atoms with Crippen molar-refractivity contribution in [2.45, 2.75) is 0 Å². The number of hydrogen-bond donors (Lipinski definition) is 0. The first-order valence-corrected chi connectivity index (χ1v) is 4.19.